The Kier molecular flexibility index (Phi) is 4.26. The summed E-state index contributed by atoms with van der Waals surface area (Å²) in [5.41, 5.74) is 2.68. The molecule has 0 amide bonds. The number of rotatable bonds is 5. The number of hydrogen-bond acceptors (Lipinski definition) is 5. The van der Waals surface area contributed by atoms with Crippen molar-refractivity contribution in [2.24, 2.45) is 0 Å². The monoisotopic (exact) mass is 328 g/mol. The molecule has 0 aliphatic heterocycles. The van der Waals surface area contributed by atoms with E-state index in [9.17, 15) is 4.79 Å². The number of carbonyl (C=O) groups excluding carboxylic acids is 1. The Morgan fingerprint density at radius 3 is 2.94 bits per heavy atom. The van der Waals surface area contributed by atoms with Gasteiger partial charge < -0.3 is 4.90 Å². The van der Waals surface area contributed by atoms with Crippen LogP contribution in [0.15, 0.2) is 21.6 Å². The molecule has 0 saturated carbocycles. The largest absolute Gasteiger partial charge is 0.308 e. The van der Waals surface area contributed by atoms with Gasteiger partial charge in [-0.3, -0.25) is 9.48 Å². The molecule has 2 aromatic heterocycles. The molecule has 0 saturated heterocycles. The number of carbonyl (C=O) groups is 1. The van der Waals surface area contributed by atoms with Crippen LogP contribution < -0.4 is 0 Å². The Morgan fingerprint density at radius 2 is 2.33 bits per heavy atom. The fourth-order valence-electron chi connectivity index (χ4n) is 1.50. The summed E-state index contributed by atoms with van der Waals surface area (Å²) in [5, 5.41) is 5.96. The molecule has 7 heteroatoms. The second-order valence-corrected chi connectivity index (χ2v) is 5.64. The van der Waals surface area contributed by atoms with Crippen LogP contribution in [0.1, 0.15) is 16.2 Å². The normalized spacial score (nSPS) is 11.1. The van der Waals surface area contributed by atoms with Crippen LogP contribution in [0.5, 0.6) is 0 Å². The summed E-state index contributed by atoms with van der Waals surface area (Å²) in [7, 11) is 3.97. The van der Waals surface area contributed by atoms with E-state index in [2.05, 4.69) is 26.0 Å². The highest BCUT2D eigenvalue weighted by Gasteiger charge is 2.20. The lowest BCUT2D eigenvalue weighted by atomic mass is 10.2. The first-order valence-corrected chi connectivity index (χ1v) is 7.12. The molecule has 18 heavy (non-hydrogen) atoms. The van der Waals surface area contributed by atoms with Crippen molar-refractivity contribution < 1.29 is 4.79 Å². The van der Waals surface area contributed by atoms with Crippen LogP contribution in [0.2, 0.25) is 0 Å². The van der Waals surface area contributed by atoms with Crippen molar-refractivity contribution in [3.05, 3.63) is 32.9 Å². The molecule has 0 spiro atoms. The molecular weight excluding hydrogens is 316 g/mol. The van der Waals surface area contributed by atoms with Crippen LogP contribution in [0.4, 0.5) is 0 Å². The summed E-state index contributed by atoms with van der Waals surface area (Å²) in [6.45, 7) is 1.50. The van der Waals surface area contributed by atoms with Crippen molar-refractivity contribution in [2.45, 2.75) is 6.54 Å². The van der Waals surface area contributed by atoms with Gasteiger partial charge in [-0.05, 0) is 30.0 Å². The maximum atomic E-state index is 12.3. The van der Waals surface area contributed by atoms with E-state index < -0.39 is 0 Å². The average Bonchev–Trinajstić information content (AvgIpc) is 2.94. The Hall–Kier alpha value is -1.05. The van der Waals surface area contributed by atoms with Crippen molar-refractivity contribution in [3.8, 4) is 0 Å². The number of ketones is 1. The van der Waals surface area contributed by atoms with E-state index in [-0.39, 0.29) is 5.78 Å². The first kappa shape index (κ1) is 13.4. The van der Waals surface area contributed by atoms with Crippen LogP contribution in [-0.4, -0.2) is 46.1 Å². The van der Waals surface area contributed by atoms with E-state index in [1.54, 1.807) is 21.8 Å². The van der Waals surface area contributed by atoms with Crippen molar-refractivity contribution in [1.29, 1.82) is 0 Å². The van der Waals surface area contributed by atoms with E-state index in [4.69, 9.17) is 0 Å². The molecule has 0 unspecified atom stereocenters. The maximum absolute atomic E-state index is 12.3. The fourth-order valence-corrected chi connectivity index (χ4v) is 2.51. The summed E-state index contributed by atoms with van der Waals surface area (Å²) in [4.78, 5) is 18.4. The number of hydrogen-bond donors (Lipinski definition) is 0. The SMILES string of the molecule is CN(C)CCn1ncc(Br)c1C(=O)c1cscn1. The van der Waals surface area contributed by atoms with Crippen LogP contribution in [0, 0.1) is 0 Å². The van der Waals surface area contributed by atoms with Gasteiger partial charge in [0.15, 0.2) is 0 Å². The van der Waals surface area contributed by atoms with Crippen molar-refractivity contribution >= 4 is 33.0 Å². The number of thiazole rings is 1. The number of aromatic nitrogens is 3. The number of halogens is 1. The molecule has 2 rings (SSSR count). The number of nitrogens with zero attached hydrogens (tertiary/aromatic N) is 4. The first-order chi connectivity index (χ1) is 8.59. The fraction of sp³-hybridized carbons (Fsp3) is 0.364. The second kappa shape index (κ2) is 5.73. The molecule has 0 aliphatic carbocycles. The molecule has 96 valence electrons. The highest BCUT2D eigenvalue weighted by molar-refractivity contribution is 9.10. The van der Waals surface area contributed by atoms with Gasteiger partial charge in [-0.15, -0.1) is 11.3 Å². The van der Waals surface area contributed by atoms with Gasteiger partial charge in [-0.2, -0.15) is 5.10 Å². The quantitative estimate of drug-likeness (QED) is 0.786. The van der Waals surface area contributed by atoms with E-state index >= 15 is 0 Å². The molecule has 0 aromatic carbocycles. The summed E-state index contributed by atoms with van der Waals surface area (Å²) in [6, 6.07) is 0. The zero-order valence-electron chi connectivity index (χ0n) is 10.1. The topological polar surface area (TPSA) is 51.0 Å². The van der Waals surface area contributed by atoms with Gasteiger partial charge in [0, 0.05) is 11.9 Å². The summed E-state index contributed by atoms with van der Waals surface area (Å²) in [6.07, 6.45) is 1.65. The van der Waals surface area contributed by atoms with E-state index in [0.29, 0.717) is 22.4 Å². The molecule has 0 fully saturated rings. The Bertz CT molecular complexity index is 535. The molecule has 2 aromatic rings. The van der Waals surface area contributed by atoms with E-state index in [0.717, 1.165) is 6.54 Å². The van der Waals surface area contributed by atoms with Crippen molar-refractivity contribution in [3.63, 3.8) is 0 Å². The zero-order chi connectivity index (χ0) is 13.1. The summed E-state index contributed by atoms with van der Waals surface area (Å²) < 4.78 is 2.42. The zero-order valence-corrected chi connectivity index (χ0v) is 12.5. The van der Waals surface area contributed by atoms with Crippen molar-refractivity contribution in [1.82, 2.24) is 19.7 Å². The van der Waals surface area contributed by atoms with Gasteiger partial charge in [0.1, 0.15) is 11.4 Å². The van der Waals surface area contributed by atoms with Gasteiger partial charge in [-0.25, -0.2) is 4.98 Å². The molecule has 0 atom stereocenters. The maximum Gasteiger partial charge on any atom is 0.231 e. The average molecular weight is 329 g/mol. The lowest BCUT2D eigenvalue weighted by molar-refractivity contribution is 0.102. The molecule has 0 N–H and O–H groups in total. The molecule has 0 radical (unpaired) electrons. The smallest absolute Gasteiger partial charge is 0.231 e. The van der Waals surface area contributed by atoms with Gasteiger partial charge in [0.25, 0.3) is 0 Å². The predicted octanol–water partition coefficient (Wildman–Crippen LogP) is 1.89. The van der Waals surface area contributed by atoms with Crippen LogP contribution in [0.25, 0.3) is 0 Å². The Morgan fingerprint density at radius 1 is 1.56 bits per heavy atom. The summed E-state index contributed by atoms with van der Waals surface area (Å²) in [5.74, 6) is -0.0978. The van der Waals surface area contributed by atoms with Crippen LogP contribution in [0.3, 0.4) is 0 Å². The molecule has 5 nitrogen and oxygen atoms in total. The van der Waals surface area contributed by atoms with Crippen LogP contribution >= 0.6 is 27.3 Å². The minimum absolute atomic E-state index is 0.0978. The lowest BCUT2D eigenvalue weighted by Crippen LogP contribution is -2.21. The Balaban J connectivity index is 2.26. The van der Waals surface area contributed by atoms with E-state index in [1.807, 2.05) is 19.0 Å². The van der Waals surface area contributed by atoms with E-state index in [1.165, 1.54) is 11.3 Å². The van der Waals surface area contributed by atoms with Gasteiger partial charge in [-0.1, -0.05) is 0 Å². The molecule has 0 aliphatic rings. The molecular formula is C11H13BrN4OS. The second-order valence-electron chi connectivity index (χ2n) is 4.07. The predicted molar refractivity (Wildman–Crippen MR) is 74.0 cm³/mol. The number of likely N-dealkylation sites (N-methyl/N-ethyl adjacent to an activating group) is 1. The Labute approximate surface area is 118 Å². The van der Waals surface area contributed by atoms with Gasteiger partial charge >= 0.3 is 0 Å². The van der Waals surface area contributed by atoms with Gasteiger partial charge in [0.05, 0.1) is 22.7 Å². The molecule has 2 heterocycles. The minimum Gasteiger partial charge on any atom is -0.308 e. The lowest BCUT2D eigenvalue weighted by Gasteiger charge is -2.11. The van der Waals surface area contributed by atoms with Crippen LogP contribution in [-0.2, 0) is 6.54 Å². The third-order valence-electron chi connectivity index (χ3n) is 2.43. The third kappa shape index (κ3) is 2.85. The highest BCUT2D eigenvalue weighted by atomic mass is 79.9. The minimum atomic E-state index is -0.0978. The third-order valence-corrected chi connectivity index (χ3v) is 3.60. The highest BCUT2D eigenvalue weighted by Crippen LogP contribution is 2.19. The summed E-state index contributed by atoms with van der Waals surface area (Å²) >= 11 is 4.78. The first-order valence-electron chi connectivity index (χ1n) is 5.38. The standard InChI is InChI=1S/C11H13BrN4OS/c1-15(2)3-4-16-10(8(12)5-14-16)11(17)9-6-18-7-13-9/h5-7H,3-4H2,1-2H3. The van der Waals surface area contributed by atoms with Crippen molar-refractivity contribution in [2.75, 3.05) is 20.6 Å². The van der Waals surface area contributed by atoms with Gasteiger partial charge in [0.2, 0.25) is 5.78 Å². The molecule has 0 bridgehead atoms.